The summed E-state index contributed by atoms with van der Waals surface area (Å²) >= 11 is 0. The van der Waals surface area contributed by atoms with Gasteiger partial charge in [-0.2, -0.15) is 0 Å². The molecule has 0 fully saturated rings. The molecule has 2 heterocycles. The average molecular weight is 796 g/mol. The smallest absolute Gasteiger partial charge is 0.0645 e. The third kappa shape index (κ3) is 6.04. The molecule has 0 saturated carbocycles. The summed E-state index contributed by atoms with van der Waals surface area (Å²) < 4.78 is 69.2. The first kappa shape index (κ1) is 29.1. The number of para-hydroxylation sites is 2. The van der Waals surface area contributed by atoms with Crippen LogP contribution in [0.3, 0.4) is 0 Å². The first-order valence-electron chi connectivity index (χ1n) is 24.3. The van der Waals surface area contributed by atoms with Gasteiger partial charge in [0, 0.05) is 38.5 Å². The standard InChI is InChI=1S/C60H40N2/c1-4-13-41(14-5-1)43-23-25-44(26-24-43)46-27-33-50(34-28-46)61-57-22-11-10-19-53(57)55-39-48(31-37-58(55)61)49-32-38-59-56(40-49)54-21-12-20-52(47-17-8-3-9-18-47)60(54)62(59)51-35-29-45(30-36-51)42-15-6-2-7-16-42/h1-40H/i10D,11D,19D,22D,31D,37D,39D. The Labute approximate surface area is 370 Å². The van der Waals surface area contributed by atoms with Crippen molar-refractivity contribution in [2.75, 3.05) is 0 Å². The van der Waals surface area contributed by atoms with Crippen LogP contribution < -0.4 is 0 Å². The highest BCUT2D eigenvalue weighted by atomic mass is 15.0. The first-order chi connectivity index (χ1) is 33.7. The molecule has 0 aliphatic carbocycles. The van der Waals surface area contributed by atoms with Gasteiger partial charge in [0.2, 0.25) is 0 Å². The maximum absolute atomic E-state index is 9.96. The minimum atomic E-state index is -0.427. The van der Waals surface area contributed by atoms with Crippen LogP contribution in [0, 0.1) is 0 Å². The molecule has 0 atom stereocenters. The lowest BCUT2D eigenvalue weighted by atomic mass is 9.99. The van der Waals surface area contributed by atoms with Gasteiger partial charge in [-0.1, -0.05) is 188 Å². The number of aromatic nitrogens is 2. The topological polar surface area (TPSA) is 9.86 Å². The van der Waals surface area contributed by atoms with Crippen LogP contribution in [0.5, 0.6) is 0 Å². The van der Waals surface area contributed by atoms with Gasteiger partial charge < -0.3 is 9.13 Å². The van der Waals surface area contributed by atoms with Crippen LogP contribution in [0.15, 0.2) is 242 Å². The predicted molar refractivity (Wildman–Crippen MR) is 262 cm³/mol. The van der Waals surface area contributed by atoms with Gasteiger partial charge in [-0.3, -0.25) is 0 Å². The fourth-order valence-electron chi connectivity index (χ4n) is 8.98. The summed E-state index contributed by atoms with van der Waals surface area (Å²) in [6.45, 7) is 0. The van der Waals surface area contributed by atoms with Crippen molar-refractivity contribution in [2.45, 2.75) is 0 Å². The van der Waals surface area contributed by atoms with E-state index < -0.39 is 12.1 Å². The normalized spacial score (nSPS) is 13.1. The zero-order valence-electron chi connectivity index (χ0n) is 40.4. The van der Waals surface area contributed by atoms with Gasteiger partial charge in [0.25, 0.3) is 0 Å². The lowest BCUT2D eigenvalue weighted by Gasteiger charge is -2.13. The van der Waals surface area contributed by atoms with E-state index in [0.717, 1.165) is 72.0 Å². The van der Waals surface area contributed by atoms with Crippen molar-refractivity contribution in [1.29, 1.82) is 0 Å². The predicted octanol–water partition coefficient (Wildman–Crippen LogP) is 16.2. The summed E-state index contributed by atoms with van der Waals surface area (Å²) in [6.07, 6.45) is 0. The highest BCUT2D eigenvalue weighted by Gasteiger charge is 2.19. The number of fused-ring (bicyclic) bond motifs is 6. The van der Waals surface area contributed by atoms with Gasteiger partial charge in [0.05, 0.1) is 31.7 Å². The van der Waals surface area contributed by atoms with Crippen LogP contribution in [0.25, 0.3) is 111 Å². The highest BCUT2D eigenvalue weighted by Crippen LogP contribution is 2.41. The SMILES string of the molecule is [2H]c1c([2H])c([2H])c2c(c1[2H])c1c([2H])c(-c3ccc4c(c3)c3cccc(-c5ccccc5)c3n4-c3ccc(-c4ccccc4)cc3)c([2H])c([2H])c1n2-c1ccc(-c2ccc(-c3ccccc3)cc2)cc1. The molecule has 2 heteroatoms. The van der Waals surface area contributed by atoms with Crippen LogP contribution in [0.1, 0.15) is 9.60 Å². The minimum absolute atomic E-state index is 0.0838. The second-order valence-electron chi connectivity index (χ2n) is 15.6. The molecule has 0 aliphatic heterocycles. The Morgan fingerprint density at radius 3 is 1.40 bits per heavy atom. The molecular weight excluding hydrogens is 749 g/mol. The Morgan fingerprint density at radius 2 is 0.790 bits per heavy atom. The summed E-state index contributed by atoms with van der Waals surface area (Å²) in [7, 11) is 0. The lowest BCUT2D eigenvalue weighted by Crippen LogP contribution is -1.95. The van der Waals surface area contributed by atoms with Crippen molar-refractivity contribution in [3.05, 3.63) is 242 Å². The summed E-state index contributed by atoms with van der Waals surface area (Å²) in [5.41, 5.74) is 13.0. The van der Waals surface area contributed by atoms with Gasteiger partial charge in [-0.15, -0.1) is 0 Å². The fraction of sp³-hybridized carbons (Fsp3) is 0. The highest BCUT2D eigenvalue weighted by molar-refractivity contribution is 6.15. The van der Waals surface area contributed by atoms with Crippen LogP contribution >= 0.6 is 0 Å². The van der Waals surface area contributed by atoms with E-state index in [1.165, 1.54) is 0 Å². The van der Waals surface area contributed by atoms with E-state index in [1.54, 1.807) is 4.57 Å². The third-order valence-corrected chi connectivity index (χ3v) is 12.0. The van der Waals surface area contributed by atoms with Crippen molar-refractivity contribution in [3.63, 3.8) is 0 Å². The third-order valence-electron chi connectivity index (χ3n) is 12.0. The maximum atomic E-state index is 9.96. The van der Waals surface area contributed by atoms with Crippen LogP contribution in [0.2, 0.25) is 0 Å². The number of hydrogen-bond acceptors (Lipinski definition) is 0. The molecule has 0 aliphatic rings. The summed E-state index contributed by atoms with van der Waals surface area (Å²) in [5, 5.41) is 2.21. The number of rotatable bonds is 7. The van der Waals surface area contributed by atoms with E-state index in [2.05, 4.69) is 108 Å². The fourth-order valence-corrected chi connectivity index (χ4v) is 8.98. The molecule has 0 spiro atoms. The van der Waals surface area contributed by atoms with Crippen LogP contribution in [0.4, 0.5) is 0 Å². The number of nitrogens with zero attached hydrogens (tertiary/aromatic N) is 2. The largest absolute Gasteiger partial charge is 0.309 e. The molecule has 290 valence electrons. The molecule has 0 N–H and O–H groups in total. The van der Waals surface area contributed by atoms with Gasteiger partial charge in [0.1, 0.15) is 0 Å². The van der Waals surface area contributed by atoms with Crippen molar-refractivity contribution in [1.82, 2.24) is 9.13 Å². The molecule has 0 amide bonds. The van der Waals surface area contributed by atoms with E-state index in [-0.39, 0.29) is 57.6 Å². The minimum Gasteiger partial charge on any atom is -0.309 e. The van der Waals surface area contributed by atoms with Gasteiger partial charge in [0.15, 0.2) is 0 Å². The van der Waals surface area contributed by atoms with Crippen molar-refractivity contribution < 1.29 is 9.60 Å². The molecule has 0 unspecified atom stereocenters. The molecule has 12 rings (SSSR count). The van der Waals surface area contributed by atoms with E-state index >= 15 is 0 Å². The Hall–Kier alpha value is -8.20. The van der Waals surface area contributed by atoms with Crippen molar-refractivity contribution in [3.8, 4) is 67.0 Å². The molecule has 0 radical (unpaired) electrons. The summed E-state index contributed by atoms with van der Waals surface area (Å²) in [6, 6.07) is 65.5. The number of hydrogen-bond donors (Lipinski definition) is 0. The number of benzene rings is 10. The second-order valence-corrected chi connectivity index (χ2v) is 15.6. The van der Waals surface area contributed by atoms with Gasteiger partial charge >= 0.3 is 0 Å². The molecule has 2 aromatic heterocycles. The monoisotopic (exact) mass is 795 g/mol. The zero-order valence-corrected chi connectivity index (χ0v) is 33.4. The van der Waals surface area contributed by atoms with Crippen LogP contribution in [-0.2, 0) is 0 Å². The van der Waals surface area contributed by atoms with Crippen molar-refractivity contribution >= 4 is 43.6 Å². The Kier molecular flexibility index (Phi) is 6.95. The Bertz CT molecular complexity index is 3980. The van der Waals surface area contributed by atoms with E-state index in [4.69, 9.17) is 2.74 Å². The van der Waals surface area contributed by atoms with Gasteiger partial charge in [-0.25, -0.2) is 0 Å². The molecule has 2 nitrogen and oxygen atoms in total. The van der Waals surface area contributed by atoms with Gasteiger partial charge in [-0.05, 0) is 105 Å². The zero-order chi connectivity index (χ0) is 47.1. The van der Waals surface area contributed by atoms with E-state index in [9.17, 15) is 6.85 Å². The lowest BCUT2D eigenvalue weighted by molar-refractivity contribution is 1.18. The molecule has 0 saturated heterocycles. The van der Waals surface area contributed by atoms with Crippen molar-refractivity contribution in [2.24, 2.45) is 0 Å². The molecule has 10 aromatic carbocycles. The van der Waals surface area contributed by atoms with Crippen LogP contribution in [-0.4, -0.2) is 9.13 Å². The Morgan fingerprint density at radius 1 is 0.290 bits per heavy atom. The molecular formula is C60H40N2. The summed E-state index contributed by atoms with van der Waals surface area (Å²) in [4.78, 5) is 0. The maximum Gasteiger partial charge on any atom is 0.0645 e. The second kappa shape index (κ2) is 14.8. The average Bonchev–Trinajstić information content (AvgIpc) is 3.94. The Balaban J connectivity index is 1.05. The summed E-state index contributed by atoms with van der Waals surface area (Å²) in [5.74, 6) is 0. The van der Waals surface area contributed by atoms with E-state index in [1.807, 2.05) is 97.1 Å². The molecule has 12 aromatic rings. The molecule has 0 bridgehead atoms. The first-order valence-corrected chi connectivity index (χ1v) is 20.8. The molecule has 62 heavy (non-hydrogen) atoms. The quantitative estimate of drug-likeness (QED) is 0.152. The van der Waals surface area contributed by atoms with E-state index in [0.29, 0.717) is 11.3 Å².